The maximum Gasteiger partial charge on any atom is 0.317 e. The largest absolute Gasteiger partial charge is 0.494 e. The fraction of sp³-hybridized carbons (Fsp3) is 0.409. The monoisotopic (exact) mass is 426 g/mol. The molecule has 0 radical (unpaired) electrons. The molecule has 1 aromatic carbocycles. The molecule has 1 aromatic heterocycles. The van der Waals surface area contributed by atoms with Gasteiger partial charge in [-0.25, -0.2) is 4.79 Å². The normalized spacial score (nSPS) is 12.6. The zero-order chi connectivity index (χ0) is 21.5. The Bertz CT molecular complexity index is 964. The van der Waals surface area contributed by atoms with E-state index in [1.54, 1.807) is 4.90 Å². The Balaban J connectivity index is 1.67. The molecule has 2 aromatic rings. The summed E-state index contributed by atoms with van der Waals surface area (Å²) >= 11 is 1.39. The van der Waals surface area contributed by atoms with E-state index in [0.29, 0.717) is 56.1 Å². The molecule has 0 atom stereocenters. The molecule has 158 valence electrons. The van der Waals surface area contributed by atoms with Gasteiger partial charge in [-0.15, -0.1) is 11.3 Å². The Morgan fingerprint density at radius 1 is 1.30 bits per heavy atom. The number of ether oxygens (including phenoxy) is 1. The van der Waals surface area contributed by atoms with E-state index in [1.165, 1.54) is 11.3 Å². The van der Waals surface area contributed by atoms with Crippen molar-refractivity contribution >= 4 is 28.3 Å². The molecule has 0 spiro atoms. The van der Waals surface area contributed by atoms with Crippen molar-refractivity contribution in [2.75, 3.05) is 25.0 Å². The van der Waals surface area contributed by atoms with E-state index in [4.69, 9.17) is 4.74 Å². The van der Waals surface area contributed by atoms with Crippen LogP contribution in [0.2, 0.25) is 0 Å². The van der Waals surface area contributed by atoms with Crippen molar-refractivity contribution in [3.63, 3.8) is 0 Å². The fourth-order valence-electron chi connectivity index (χ4n) is 3.49. The quantitative estimate of drug-likeness (QED) is 0.706. The van der Waals surface area contributed by atoms with E-state index in [0.717, 1.165) is 21.8 Å². The number of carbonyl (C=O) groups is 2. The summed E-state index contributed by atoms with van der Waals surface area (Å²) in [5.41, 5.74) is 2.45. The Kier molecular flexibility index (Phi) is 7.31. The van der Waals surface area contributed by atoms with Gasteiger partial charge in [0.1, 0.15) is 16.8 Å². The van der Waals surface area contributed by atoms with Gasteiger partial charge in [0.2, 0.25) is 5.91 Å². The molecular formula is C22H26N4O3S. The summed E-state index contributed by atoms with van der Waals surface area (Å²) in [6, 6.07) is 9.83. The summed E-state index contributed by atoms with van der Waals surface area (Å²) < 4.78 is 5.62. The zero-order valence-corrected chi connectivity index (χ0v) is 18.1. The molecule has 1 aliphatic rings. The van der Waals surface area contributed by atoms with Crippen LogP contribution in [0.4, 0.5) is 9.80 Å². The Labute approximate surface area is 180 Å². The summed E-state index contributed by atoms with van der Waals surface area (Å²) in [6.45, 7) is 5.97. The predicted molar refractivity (Wildman–Crippen MR) is 117 cm³/mol. The molecule has 30 heavy (non-hydrogen) atoms. The maximum atomic E-state index is 12.6. The lowest BCUT2D eigenvalue weighted by Gasteiger charge is -2.26. The minimum atomic E-state index is -0.142. The number of nitrogens with zero attached hydrogens (tertiary/aromatic N) is 2. The van der Waals surface area contributed by atoms with Crippen molar-refractivity contribution in [2.45, 2.75) is 39.7 Å². The highest BCUT2D eigenvalue weighted by Crippen LogP contribution is 2.36. The number of carbonyl (C=O) groups excluding carboxylic acids is 2. The highest BCUT2D eigenvalue weighted by molar-refractivity contribution is 7.16. The molecule has 3 rings (SSSR count). The Morgan fingerprint density at radius 3 is 2.83 bits per heavy atom. The summed E-state index contributed by atoms with van der Waals surface area (Å²) in [5, 5.41) is 15.9. The smallest absolute Gasteiger partial charge is 0.317 e. The lowest BCUT2D eigenvalue weighted by molar-refractivity contribution is -0.116. The molecule has 0 fully saturated rings. The van der Waals surface area contributed by atoms with Gasteiger partial charge in [0.15, 0.2) is 0 Å². The Morgan fingerprint density at radius 2 is 2.10 bits per heavy atom. The number of benzene rings is 1. The molecule has 0 unspecified atom stereocenters. The number of aryl methyl sites for hydroxylation is 1. The third-order valence-electron chi connectivity index (χ3n) is 4.93. The minimum absolute atomic E-state index is 0.103. The number of urea groups is 1. The van der Waals surface area contributed by atoms with Gasteiger partial charge >= 0.3 is 6.03 Å². The van der Waals surface area contributed by atoms with Crippen LogP contribution in [0.5, 0.6) is 5.75 Å². The van der Waals surface area contributed by atoms with Crippen molar-refractivity contribution < 1.29 is 14.3 Å². The third kappa shape index (κ3) is 4.92. The number of nitrogens with one attached hydrogen (secondary N) is 2. The van der Waals surface area contributed by atoms with Gasteiger partial charge in [0, 0.05) is 24.4 Å². The van der Waals surface area contributed by atoms with Crippen molar-refractivity contribution in [3.05, 3.63) is 45.8 Å². The highest BCUT2D eigenvalue weighted by Gasteiger charge is 2.27. The van der Waals surface area contributed by atoms with E-state index in [2.05, 4.69) is 16.7 Å². The average molecular weight is 427 g/mol. The molecule has 2 heterocycles. The molecule has 0 aliphatic carbocycles. The van der Waals surface area contributed by atoms with Crippen molar-refractivity contribution in [3.8, 4) is 11.8 Å². The first-order chi connectivity index (χ1) is 14.6. The first-order valence-electron chi connectivity index (χ1n) is 10.1. The van der Waals surface area contributed by atoms with Crippen molar-refractivity contribution in [1.82, 2.24) is 10.2 Å². The number of fused-ring (bicyclic) bond motifs is 1. The molecule has 1 aliphatic heterocycles. The predicted octanol–water partition coefficient (Wildman–Crippen LogP) is 3.68. The third-order valence-corrected chi connectivity index (χ3v) is 6.06. The van der Waals surface area contributed by atoms with E-state index < -0.39 is 0 Å². The number of para-hydroxylation sites is 1. The van der Waals surface area contributed by atoms with Crippen LogP contribution >= 0.6 is 11.3 Å². The van der Waals surface area contributed by atoms with Gasteiger partial charge in [0.05, 0.1) is 18.7 Å². The van der Waals surface area contributed by atoms with Crippen LogP contribution in [0.1, 0.15) is 41.8 Å². The van der Waals surface area contributed by atoms with Crippen LogP contribution in [0.3, 0.4) is 0 Å². The lowest BCUT2D eigenvalue weighted by Crippen LogP contribution is -2.42. The van der Waals surface area contributed by atoms with Gasteiger partial charge in [-0.3, -0.25) is 4.79 Å². The first kappa shape index (κ1) is 21.7. The summed E-state index contributed by atoms with van der Waals surface area (Å²) in [5.74, 6) is 0.652. The van der Waals surface area contributed by atoms with Gasteiger partial charge < -0.3 is 20.3 Å². The molecule has 0 saturated heterocycles. The number of thiophene rings is 1. The molecule has 0 bridgehead atoms. The molecule has 0 saturated carbocycles. The second-order valence-electron chi connectivity index (χ2n) is 6.92. The second-order valence-corrected chi connectivity index (χ2v) is 8.02. The number of hydrogen-bond donors (Lipinski definition) is 2. The number of amides is 3. The molecule has 8 heteroatoms. The van der Waals surface area contributed by atoms with Gasteiger partial charge in [-0.05, 0) is 43.9 Å². The average Bonchev–Trinajstić information content (AvgIpc) is 3.09. The van der Waals surface area contributed by atoms with Crippen LogP contribution in [0.25, 0.3) is 0 Å². The molecule has 3 amide bonds. The van der Waals surface area contributed by atoms with E-state index in [9.17, 15) is 14.9 Å². The lowest BCUT2D eigenvalue weighted by atomic mass is 10.0. The van der Waals surface area contributed by atoms with Crippen LogP contribution in [-0.2, 0) is 24.2 Å². The van der Waals surface area contributed by atoms with Crippen LogP contribution in [0.15, 0.2) is 24.3 Å². The van der Waals surface area contributed by atoms with Gasteiger partial charge in [-0.2, -0.15) is 5.26 Å². The van der Waals surface area contributed by atoms with E-state index in [1.807, 2.05) is 38.1 Å². The number of rotatable bonds is 7. The number of nitriles is 1. The van der Waals surface area contributed by atoms with Gasteiger partial charge in [-0.1, -0.05) is 18.2 Å². The van der Waals surface area contributed by atoms with E-state index in [-0.39, 0.29) is 11.9 Å². The van der Waals surface area contributed by atoms with Crippen LogP contribution < -0.4 is 15.4 Å². The minimum Gasteiger partial charge on any atom is -0.494 e. The SMILES string of the molecule is CCNC(=O)N1CCc2c(sc(NC(=O)CCc3ccccc3OCC)c2C#N)C1. The summed E-state index contributed by atoms with van der Waals surface area (Å²) in [4.78, 5) is 27.4. The van der Waals surface area contributed by atoms with Crippen molar-refractivity contribution in [1.29, 1.82) is 5.26 Å². The molecule has 2 N–H and O–H groups in total. The van der Waals surface area contributed by atoms with E-state index >= 15 is 0 Å². The van der Waals surface area contributed by atoms with Gasteiger partial charge in [0.25, 0.3) is 0 Å². The zero-order valence-electron chi connectivity index (χ0n) is 17.3. The maximum absolute atomic E-state index is 12.6. The number of hydrogen-bond acceptors (Lipinski definition) is 5. The standard InChI is InChI=1S/C22H26N4O3S/c1-3-24-22(28)26-12-11-16-17(13-23)21(30-19(16)14-26)25-20(27)10-9-15-7-5-6-8-18(15)29-4-2/h5-8H,3-4,9-12,14H2,1-2H3,(H,24,28)(H,25,27). The summed E-state index contributed by atoms with van der Waals surface area (Å²) in [6.07, 6.45) is 1.46. The number of anilines is 1. The van der Waals surface area contributed by atoms with Crippen LogP contribution in [-0.4, -0.2) is 36.5 Å². The summed E-state index contributed by atoms with van der Waals surface area (Å²) in [7, 11) is 0. The topological polar surface area (TPSA) is 94.5 Å². The van der Waals surface area contributed by atoms with Crippen LogP contribution in [0, 0.1) is 11.3 Å². The fourth-order valence-corrected chi connectivity index (χ4v) is 4.72. The molecular weight excluding hydrogens is 400 g/mol. The second kappa shape index (κ2) is 10.1. The highest BCUT2D eigenvalue weighted by atomic mass is 32.1. The Hall–Kier alpha value is -3.05. The van der Waals surface area contributed by atoms with Crippen molar-refractivity contribution in [2.24, 2.45) is 0 Å². The first-order valence-corrected chi connectivity index (χ1v) is 11.0. The molecule has 7 nitrogen and oxygen atoms in total.